The van der Waals surface area contributed by atoms with Gasteiger partial charge in [0.25, 0.3) is 0 Å². The van der Waals surface area contributed by atoms with Crippen LogP contribution in [0.25, 0.3) is 11.5 Å². The van der Waals surface area contributed by atoms with E-state index in [2.05, 4.69) is 30.9 Å². The van der Waals surface area contributed by atoms with Crippen molar-refractivity contribution in [1.29, 1.82) is 0 Å². The Morgan fingerprint density at radius 2 is 2.23 bits per heavy atom. The van der Waals surface area contributed by atoms with Crippen LogP contribution in [0.4, 0.5) is 0 Å². The largest absolute Gasteiger partial charge is 0.241 e. The number of halogens is 2. The Labute approximate surface area is 92.0 Å². The van der Waals surface area contributed by atoms with Gasteiger partial charge in [-0.15, -0.1) is 11.3 Å². The van der Waals surface area contributed by atoms with Gasteiger partial charge < -0.3 is 0 Å². The van der Waals surface area contributed by atoms with E-state index in [4.69, 9.17) is 11.6 Å². The first-order valence-corrected chi connectivity index (χ1v) is 5.45. The molecule has 2 rings (SSSR count). The Bertz CT molecular complexity index is 418. The van der Waals surface area contributed by atoms with E-state index in [1.54, 1.807) is 11.7 Å². The molecule has 0 spiro atoms. The first-order valence-electron chi connectivity index (χ1n) is 3.34. The fourth-order valence-electron chi connectivity index (χ4n) is 0.793. The molecule has 0 saturated heterocycles. The predicted octanol–water partition coefficient (Wildman–Crippen LogP) is 3.02. The summed E-state index contributed by atoms with van der Waals surface area (Å²) in [5, 5.41) is 2.28. The van der Waals surface area contributed by atoms with Crippen LogP contribution in [0, 0.1) is 0 Å². The summed E-state index contributed by atoms with van der Waals surface area (Å²) in [6, 6.07) is 0. The summed E-state index contributed by atoms with van der Waals surface area (Å²) < 4.78 is 0.688. The molecule has 0 atom stereocenters. The fourth-order valence-corrected chi connectivity index (χ4v) is 1.64. The number of nitrogens with zero attached hydrogens (tertiary/aromatic N) is 3. The third kappa shape index (κ3) is 1.87. The molecular formula is C7H3BrClN3S. The molecule has 2 heterocycles. The zero-order valence-electron chi connectivity index (χ0n) is 6.24. The number of aromatic nitrogens is 3. The zero-order chi connectivity index (χ0) is 9.26. The van der Waals surface area contributed by atoms with Crippen molar-refractivity contribution in [3.05, 3.63) is 26.7 Å². The van der Waals surface area contributed by atoms with E-state index < -0.39 is 0 Å². The van der Waals surface area contributed by atoms with Gasteiger partial charge in [0, 0.05) is 11.6 Å². The number of thiazole rings is 1. The Hall–Kier alpha value is -0.520. The Morgan fingerprint density at radius 3 is 2.85 bits per heavy atom. The van der Waals surface area contributed by atoms with Crippen molar-refractivity contribution < 1.29 is 0 Å². The molecule has 0 aliphatic heterocycles. The van der Waals surface area contributed by atoms with E-state index >= 15 is 0 Å². The first-order chi connectivity index (χ1) is 6.27. The lowest BCUT2D eigenvalue weighted by Crippen LogP contribution is -1.89. The van der Waals surface area contributed by atoms with Crippen molar-refractivity contribution in [3.63, 3.8) is 0 Å². The van der Waals surface area contributed by atoms with Crippen LogP contribution in [-0.4, -0.2) is 15.0 Å². The van der Waals surface area contributed by atoms with E-state index in [9.17, 15) is 0 Å². The molecule has 66 valence electrons. The van der Waals surface area contributed by atoms with Gasteiger partial charge in [0.2, 0.25) is 0 Å². The zero-order valence-corrected chi connectivity index (χ0v) is 9.40. The van der Waals surface area contributed by atoms with Gasteiger partial charge in [0.15, 0.2) is 5.82 Å². The summed E-state index contributed by atoms with van der Waals surface area (Å²) in [4.78, 5) is 12.2. The Balaban J connectivity index is 2.49. The fraction of sp³-hybridized carbons (Fsp3) is 0. The van der Waals surface area contributed by atoms with Gasteiger partial charge in [-0.1, -0.05) is 11.6 Å². The van der Waals surface area contributed by atoms with Crippen molar-refractivity contribution in [1.82, 2.24) is 15.0 Å². The SMILES string of the molecule is Clc1nc(-c2cscn2)ncc1Br. The smallest absolute Gasteiger partial charge is 0.180 e. The average molecular weight is 277 g/mol. The number of hydrogen-bond donors (Lipinski definition) is 0. The maximum absolute atomic E-state index is 5.81. The molecule has 0 amide bonds. The lowest BCUT2D eigenvalue weighted by atomic mass is 10.4. The molecular weight excluding hydrogens is 274 g/mol. The van der Waals surface area contributed by atoms with Crippen molar-refractivity contribution >= 4 is 38.9 Å². The van der Waals surface area contributed by atoms with Gasteiger partial charge in [0.1, 0.15) is 10.8 Å². The van der Waals surface area contributed by atoms with Gasteiger partial charge in [0.05, 0.1) is 9.98 Å². The molecule has 2 aromatic heterocycles. The standard InChI is InChI=1S/C7H3BrClN3S/c8-4-1-10-7(12-6(4)9)5-2-13-3-11-5/h1-3H. The van der Waals surface area contributed by atoms with Gasteiger partial charge in [-0.3, -0.25) is 0 Å². The third-order valence-electron chi connectivity index (χ3n) is 1.36. The molecule has 0 aromatic carbocycles. The molecule has 0 aliphatic carbocycles. The number of hydrogen-bond acceptors (Lipinski definition) is 4. The molecule has 6 heteroatoms. The molecule has 2 aromatic rings. The molecule has 0 aliphatic rings. The maximum Gasteiger partial charge on any atom is 0.180 e. The molecule has 0 fully saturated rings. The van der Waals surface area contributed by atoms with E-state index in [-0.39, 0.29) is 0 Å². The minimum absolute atomic E-state index is 0.401. The van der Waals surface area contributed by atoms with Crippen molar-refractivity contribution in [3.8, 4) is 11.5 Å². The molecule has 0 N–H and O–H groups in total. The summed E-state index contributed by atoms with van der Waals surface area (Å²) in [6.07, 6.45) is 1.62. The van der Waals surface area contributed by atoms with E-state index in [0.717, 1.165) is 5.69 Å². The van der Waals surface area contributed by atoms with Gasteiger partial charge in [-0.25, -0.2) is 15.0 Å². The van der Waals surface area contributed by atoms with Crippen LogP contribution < -0.4 is 0 Å². The van der Waals surface area contributed by atoms with Gasteiger partial charge in [-0.05, 0) is 15.9 Å². The monoisotopic (exact) mass is 275 g/mol. The number of rotatable bonds is 1. The quantitative estimate of drug-likeness (QED) is 0.752. The summed E-state index contributed by atoms with van der Waals surface area (Å²) in [5.74, 6) is 0.550. The average Bonchev–Trinajstić information content (AvgIpc) is 2.62. The van der Waals surface area contributed by atoms with Crippen LogP contribution >= 0.6 is 38.9 Å². The highest BCUT2D eigenvalue weighted by Crippen LogP contribution is 2.22. The molecule has 0 bridgehead atoms. The van der Waals surface area contributed by atoms with Crippen LogP contribution in [0.1, 0.15) is 0 Å². The van der Waals surface area contributed by atoms with E-state index in [1.807, 2.05) is 5.38 Å². The molecule has 0 saturated carbocycles. The second-order valence-corrected chi connectivity index (χ2v) is 4.14. The second-order valence-electron chi connectivity index (χ2n) is 2.21. The van der Waals surface area contributed by atoms with Crippen molar-refractivity contribution in [2.24, 2.45) is 0 Å². The van der Waals surface area contributed by atoms with Crippen LogP contribution in [0.3, 0.4) is 0 Å². The normalized spacial score (nSPS) is 10.3. The Kier molecular flexibility index (Phi) is 2.57. The highest BCUT2D eigenvalue weighted by Gasteiger charge is 2.05. The van der Waals surface area contributed by atoms with Crippen molar-refractivity contribution in [2.45, 2.75) is 0 Å². The summed E-state index contributed by atoms with van der Waals surface area (Å²) in [5.41, 5.74) is 2.48. The summed E-state index contributed by atoms with van der Waals surface area (Å²) >= 11 is 10.5. The topological polar surface area (TPSA) is 38.7 Å². The van der Waals surface area contributed by atoms with Gasteiger partial charge in [-0.2, -0.15) is 0 Å². The second kappa shape index (κ2) is 3.69. The lowest BCUT2D eigenvalue weighted by molar-refractivity contribution is 1.14. The lowest BCUT2D eigenvalue weighted by Gasteiger charge is -1.96. The van der Waals surface area contributed by atoms with Crippen molar-refractivity contribution in [2.75, 3.05) is 0 Å². The highest BCUT2D eigenvalue weighted by molar-refractivity contribution is 9.10. The molecule has 0 unspecified atom stereocenters. The Morgan fingerprint density at radius 1 is 1.38 bits per heavy atom. The highest BCUT2D eigenvalue weighted by atomic mass is 79.9. The third-order valence-corrected chi connectivity index (χ3v) is 3.05. The predicted molar refractivity (Wildman–Crippen MR) is 55.9 cm³/mol. The van der Waals surface area contributed by atoms with E-state index in [1.165, 1.54) is 11.3 Å². The maximum atomic E-state index is 5.81. The van der Waals surface area contributed by atoms with Crippen LogP contribution in [0.2, 0.25) is 5.15 Å². The molecule has 13 heavy (non-hydrogen) atoms. The van der Waals surface area contributed by atoms with Gasteiger partial charge >= 0.3 is 0 Å². The molecule has 3 nitrogen and oxygen atoms in total. The summed E-state index contributed by atoms with van der Waals surface area (Å²) in [7, 11) is 0. The van der Waals surface area contributed by atoms with Crippen LogP contribution in [0.5, 0.6) is 0 Å². The molecule has 0 radical (unpaired) electrons. The van der Waals surface area contributed by atoms with E-state index in [0.29, 0.717) is 15.5 Å². The van der Waals surface area contributed by atoms with Crippen LogP contribution in [0.15, 0.2) is 21.6 Å². The minimum atomic E-state index is 0.401. The first kappa shape index (κ1) is 9.05. The summed E-state index contributed by atoms with van der Waals surface area (Å²) in [6.45, 7) is 0. The minimum Gasteiger partial charge on any atom is -0.241 e. The van der Waals surface area contributed by atoms with Crippen LogP contribution in [-0.2, 0) is 0 Å².